The third-order valence-electron chi connectivity index (χ3n) is 4.97. The normalized spacial score (nSPS) is 11.9. The summed E-state index contributed by atoms with van der Waals surface area (Å²) in [5, 5.41) is 3.16. The Kier molecular flexibility index (Phi) is 5.29. The lowest BCUT2D eigenvalue weighted by molar-refractivity contribution is 0.0936. The molecule has 0 bridgehead atoms. The molecule has 0 aliphatic carbocycles. The first-order valence-electron chi connectivity index (χ1n) is 9.57. The van der Waals surface area contributed by atoms with Crippen LogP contribution in [0.2, 0.25) is 0 Å². The van der Waals surface area contributed by atoms with Gasteiger partial charge in [-0.15, -0.1) is 0 Å². The van der Waals surface area contributed by atoms with Gasteiger partial charge in [-0.1, -0.05) is 42.0 Å². The van der Waals surface area contributed by atoms with Crippen LogP contribution in [0.5, 0.6) is 5.75 Å². The first-order chi connectivity index (χ1) is 14.1. The molecule has 5 heteroatoms. The van der Waals surface area contributed by atoms with E-state index in [2.05, 4.69) is 15.3 Å². The van der Waals surface area contributed by atoms with Crippen molar-refractivity contribution in [1.29, 1.82) is 0 Å². The maximum absolute atomic E-state index is 12.9. The number of amides is 1. The SMILES string of the molecule is COc1ccc(C(Cc2nc3ccccc3[nH]2)NC(=O)c2ccc(C)cc2)cc1. The number of carbonyl (C=O) groups is 1. The summed E-state index contributed by atoms with van der Waals surface area (Å²) in [6.45, 7) is 2.00. The van der Waals surface area contributed by atoms with E-state index in [1.165, 1.54) is 0 Å². The second kappa shape index (κ2) is 8.19. The zero-order valence-electron chi connectivity index (χ0n) is 16.5. The average Bonchev–Trinajstić information content (AvgIpc) is 3.16. The number of imidazole rings is 1. The van der Waals surface area contributed by atoms with Gasteiger partial charge in [0.2, 0.25) is 0 Å². The molecule has 0 aliphatic rings. The fraction of sp³-hybridized carbons (Fsp3) is 0.167. The zero-order valence-corrected chi connectivity index (χ0v) is 16.5. The number of aromatic nitrogens is 2. The summed E-state index contributed by atoms with van der Waals surface area (Å²) < 4.78 is 5.26. The van der Waals surface area contributed by atoms with E-state index in [1.54, 1.807) is 7.11 Å². The fourth-order valence-electron chi connectivity index (χ4n) is 3.33. The van der Waals surface area contributed by atoms with Crippen molar-refractivity contribution in [3.8, 4) is 5.75 Å². The lowest BCUT2D eigenvalue weighted by Crippen LogP contribution is -2.30. The van der Waals surface area contributed by atoms with E-state index in [1.807, 2.05) is 79.7 Å². The van der Waals surface area contributed by atoms with Gasteiger partial charge >= 0.3 is 0 Å². The molecule has 0 saturated carbocycles. The Morgan fingerprint density at radius 1 is 1.03 bits per heavy atom. The first kappa shape index (κ1) is 18.7. The molecule has 4 aromatic rings. The predicted octanol–water partition coefficient (Wildman–Crippen LogP) is 4.59. The number of H-pyrrole nitrogens is 1. The standard InChI is InChI=1S/C24H23N3O2/c1-16-7-9-18(10-8-16)24(28)27-22(17-11-13-19(29-2)14-12-17)15-23-25-20-5-3-4-6-21(20)26-23/h3-14,22H,15H2,1-2H3,(H,25,26)(H,27,28). The maximum Gasteiger partial charge on any atom is 0.251 e. The van der Waals surface area contributed by atoms with E-state index in [0.717, 1.165) is 33.7 Å². The number of nitrogens with one attached hydrogen (secondary N) is 2. The van der Waals surface area contributed by atoms with E-state index in [9.17, 15) is 4.79 Å². The van der Waals surface area contributed by atoms with E-state index in [0.29, 0.717) is 12.0 Å². The summed E-state index contributed by atoms with van der Waals surface area (Å²) in [6, 6.07) is 23.0. The van der Waals surface area contributed by atoms with Crippen LogP contribution in [0.25, 0.3) is 11.0 Å². The Morgan fingerprint density at radius 2 is 1.76 bits per heavy atom. The van der Waals surface area contributed by atoms with Crippen LogP contribution in [0.15, 0.2) is 72.8 Å². The Labute approximate surface area is 169 Å². The van der Waals surface area contributed by atoms with Crippen LogP contribution in [0, 0.1) is 6.92 Å². The largest absolute Gasteiger partial charge is 0.497 e. The van der Waals surface area contributed by atoms with Crippen LogP contribution >= 0.6 is 0 Å². The number of fused-ring (bicyclic) bond motifs is 1. The first-order valence-corrected chi connectivity index (χ1v) is 9.57. The van der Waals surface area contributed by atoms with E-state index in [-0.39, 0.29) is 11.9 Å². The molecular formula is C24H23N3O2. The minimum atomic E-state index is -0.227. The van der Waals surface area contributed by atoms with Gasteiger partial charge in [0.25, 0.3) is 5.91 Å². The second-order valence-electron chi connectivity index (χ2n) is 7.07. The molecule has 0 aliphatic heterocycles. The minimum absolute atomic E-state index is 0.109. The molecule has 1 unspecified atom stereocenters. The van der Waals surface area contributed by atoms with Gasteiger partial charge in [-0.3, -0.25) is 4.79 Å². The van der Waals surface area contributed by atoms with Crippen molar-refractivity contribution in [2.24, 2.45) is 0 Å². The lowest BCUT2D eigenvalue weighted by Gasteiger charge is -2.19. The molecule has 29 heavy (non-hydrogen) atoms. The Bertz CT molecular complexity index is 1080. The minimum Gasteiger partial charge on any atom is -0.497 e. The van der Waals surface area contributed by atoms with Gasteiger partial charge in [0.05, 0.1) is 24.2 Å². The highest BCUT2D eigenvalue weighted by molar-refractivity contribution is 5.94. The Hall–Kier alpha value is -3.60. The number of nitrogens with zero attached hydrogens (tertiary/aromatic N) is 1. The molecule has 1 amide bonds. The molecule has 1 atom stereocenters. The number of rotatable bonds is 6. The molecule has 1 heterocycles. The molecule has 0 radical (unpaired) electrons. The zero-order chi connectivity index (χ0) is 20.2. The van der Waals surface area contributed by atoms with E-state index < -0.39 is 0 Å². The van der Waals surface area contributed by atoms with Crippen molar-refractivity contribution in [3.63, 3.8) is 0 Å². The van der Waals surface area contributed by atoms with Crippen molar-refractivity contribution in [1.82, 2.24) is 15.3 Å². The van der Waals surface area contributed by atoms with Crippen LogP contribution in [0.3, 0.4) is 0 Å². The maximum atomic E-state index is 12.9. The summed E-state index contributed by atoms with van der Waals surface area (Å²) in [7, 11) is 1.64. The molecule has 0 saturated heterocycles. The predicted molar refractivity (Wildman–Crippen MR) is 114 cm³/mol. The van der Waals surface area contributed by atoms with Crippen LogP contribution in [0.4, 0.5) is 0 Å². The smallest absolute Gasteiger partial charge is 0.251 e. The molecular weight excluding hydrogens is 362 g/mol. The van der Waals surface area contributed by atoms with Crippen molar-refractivity contribution in [2.75, 3.05) is 7.11 Å². The molecule has 0 spiro atoms. The van der Waals surface area contributed by atoms with E-state index >= 15 is 0 Å². The topological polar surface area (TPSA) is 67.0 Å². The van der Waals surface area contributed by atoms with Crippen LogP contribution in [-0.4, -0.2) is 23.0 Å². The number of ether oxygens (including phenoxy) is 1. The lowest BCUT2D eigenvalue weighted by atomic mass is 10.0. The Balaban J connectivity index is 1.62. The third-order valence-corrected chi connectivity index (χ3v) is 4.97. The van der Waals surface area contributed by atoms with Crippen molar-refractivity contribution in [2.45, 2.75) is 19.4 Å². The number of carbonyl (C=O) groups excluding carboxylic acids is 1. The highest BCUT2D eigenvalue weighted by Crippen LogP contribution is 2.22. The van der Waals surface area contributed by atoms with Gasteiger partial charge in [-0.05, 0) is 48.9 Å². The van der Waals surface area contributed by atoms with Gasteiger partial charge in [0, 0.05) is 12.0 Å². The van der Waals surface area contributed by atoms with Gasteiger partial charge < -0.3 is 15.0 Å². The molecule has 2 N–H and O–H groups in total. The number of aryl methyl sites for hydroxylation is 1. The van der Waals surface area contributed by atoms with Gasteiger partial charge in [-0.2, -0.15) is 0 Å². The van der Waals surface area contributed by atoms with Crippen LogP contribution < -0.4 is 10.1 Å². The average molecular weight is 385 g/mol. The number of hydrogen-bond donors (Lipinski definition) is 2. The van der Waals surface area contributed by atoms with Crippen molar-refractivity contribution in [3.05, 3.63) is 95.3 Å². The van der Waals surface area contributed by atoms with Crippen molar-refractivity contribution >= 4 is 16.9 Å². The summed E-state index contributed by atoms with van der Waals surface area (Å²) in [5.41, 5.74) is 4.66. The highest BCUT2D eigenvalue weighted by atomic mass is 16.5. The summed E-state index contributed by atoms with van der Waals surface area (Å²) in [5.74, 6) is 1.50. The highest BCUT2D eigenvalue weighted by Gasteiger charge is 2.18. The second-order valence-corrected chi connectivity index (χ2v) is 7.07. The summed E-state index contributed by atoms with van der Waals surface area (Å²) in [6.07, 6.45) is 0.554. The summed E-state index contributed by atoms with van der Waals surface area (Å²) >= 11 is 0. The number of benzene rings is 3. The molecule has 1 aromatic heterocycles. The third kappa shape index (κ3) is 4.29. The van der Waals surface area contributed by atoms with E-state index in [4.69, 9.17) is 4.74 Å². The van der Waals surface area contributed by atoms with Crippen molar-refractivity contribution < 1.29 is 9.53 Å². The fourth-order valence-corrected chi connectivity index (χ4v) is 3.33. The van der Waals surface area contributed by atoms with Crippen LogP contribution in [0.1, 0.15) is 33.4 Å². The number of hydrogen-bond acceptors (Lipinski definition) is 3. The quantitative estimate of drug-likeness (QED) is 0.510. The molecule has 4 rings (SSSR count). The number of methoxy groups -OCH3 is 1. The Morgan fingerprint density at radius 3 is 2.45 bits per heavy atom. The van der Waals surface area contributed by atoms with Gasteiger partial charge in [0.1, 0.15) is 11.6 Å². The molecule has 0 fully saturated rings. The molecule has 5 nitrogen and oxygen atoms in total. The summed E-state index contributed by atoms with van der Waals surface area (Å²) in [4.78, 5) is 20.9. The molecule has 146 valence electrons. The van der Waals surface area contributed by atoms with Gasteiger partial charge in [-0.25, -0.2) is 4.98 Å². The number of aromatic amines is 1. The van der Waals surface area contributed by atoms with Gasteiger partial charge in [0.15, 0.2) is 0 Å². The number of para-hydroxylation sites is 2. The monoisotopic (exact) mass is 385 g/mol. The van der Waals surface area contributed by atoms with Crippen LogP contribution in [-0.2, 0) is 6.42 Å². The molecule has 3 aromatic carbocycles.